The fourth-order valence-electron chi connectivity index (χ4n) is 3.34. The van der Waals surface area contributed by atoms with E-state index in [2.05, 4.69) is 9.88 Å². The quantitative estimate of drug-likeness (QED) is 0.633. The van der Waals surface area contributed by atoms with Gasteiger partial charge in [-0.15, -0.1) is 11.3 Å². The number of rotatable bonds is 5. The maximum Gasteiger partial charge on any atom is 0.265 e. The number of benzene rings is 2. The summed E-state index contributed by atoms with van der Waals surface area (Å²) < 4.78 is 18.9. The van der Waals surface area contributed by atoms with Gasteiger partial charge in [-0.1, -0.05) is 18.2 Å². The second-order valence-corrected chi connectivity index (χ2v) is 7.96. The number of carbonyl (C=O) groups excluding carboxylic acids is 1. The molecule has 7 heteroatoms. The zero-order valence-corrected chi connectivity index (χ0v) is 17.0. The van der Waals surface area contributed by atoms with E-state index in [1.54, 1.807) is 12.1 Å². The highest BCUT2D eigenvalue weighted by Gasteiger charge is 2.25. The number of amides is 1. The number of piperazine rings is 1. The number of anilines is 1. The molecule has 3 aromatic rings. The van der Waals surface area contributed by atoms with Gasteiger partial charge in [-0.3, -0.25) is 4.79 Å². The van der Waals surface area contributed by atoms with Crippen LogP contribution in [-0.4, -0.2) is 42.0 Å². The first-order valence-corrected chi connectivity index (χ1v) is 10.4. The molecule has 0 unspecified atom stereocenters. The molecular formula is C22H22FN3O2S. The Morgan fingerprint density at radius 1 is 1.07 bits per heavy atom. The van der Waals surface area contributed by atoms with Gasteiger partial charge in [0.2, 0.25) is 0 Å². The van der Waals surface area contributed by atoms with Crippen LogP contribution in [0, 0.1) is 12.7 Å². The molecule has 2 aromatic carbocycles. The van der Waals surface area contributed by atoms with E-state index in [1.165, 1.54) is 23.5 Å². The Morgan fingerprint density at radius 2 is 1.76 bits per heavy atom. The molecule has 0 aliphatic carbocycles. The maximum absolute atomic E-state index is 13.1. The third kappa shape index (κ3) is 4.56. The Hall–Kier alpha value is -2.93. The number of hydrogen-bond donors (Lipinski definition) is 0. The van der Waals surface area contributed by atoms with Gasteiger partial charge in [-0.25, -0.2) is 9.37 Å². The largest absolute Gasteiger partial charge is 0.486 e. The predicted molar refractivity (Wildman–Crippen MR) is 112 cm³/mol. The van der Waals surface area contributed by atoms with Crippen molar-refractivity contribution < 1.29 is 13.9 Å². The van der Waals surface area contributed by atoms with Gasteiger partial charge >= 0.3 is 0 Å². The summed E-state index contributed by atoms with van der Waals surface area (Å²) in [7, 11) is 0. The van der Waals surface area contributed by atoms with Crippen molar-refractivity contribution in [1.29, 1.82) is 0 Å². The van der Waals surface area contributed by atoms with E-state index >= 15 is 0 Å². The molecule has 0 atom stereocenters. The third-order valence-electron chi connectivity index (χ3n) is 4.90. The van der Waals surface area contributed by atoms with Crippen molar-refractivity contribution in [1.82, 2.24) is 9.88 Å². The van der Waals surface area contributed by atoms with Crippen LogP contribution >= 0.6 is 11.3 Å². The number of nitrogens with zero attached hydrogens (tertiary/aromatic N) is 3. The number of ether oxygens (including phenoxy) is 1. The molecule has 5 nitrogen and oxygen atoms in total. The van der Waals surface area contributed by atoms with Crippen LogP contribution in [0.1, 0.15) is 20.4 Å². The first-order chi connectivity index (χ1) is 14.1. The Labute approximate surface area is 173 Å². The summed E-state index contributed by atoms with van der Waals surface area (Å²) in [6, 6.07) is 16.1. The summed E-state index contributed by atoms with van der Waals surface area (Å²) in [6.45, 7) is 4.91. The summed E-state index contributed by atoms with van der Waals surface area (Å²) in [5.41, 5.74) is 1.72. The molecule has 1 amide bonds. The molecule has 4 rings (SSSR count). The van der Waals surface area contributed by atoms with Crippen LogP contribution in [0.15, 0.2) is 54.6 Å². The van der Waals surface area contributed by atoms with Crippen molar-refractivity contribution in [3.8, 4) is 5.75 Å². The number of halogens is 1. The number of aryl methyl sites for hydroxylation is 1. The van der Waals surface area contributed by atoms with Gasteiger partial charge in [-0.05, 0) is 43.3 Å². The first kappa shape index (κ1) is 19.4. The van der Waals surface area contributed by atoms with Crippen LogP contribution in [0.2, 0.25) is 0 Å². The minimum Gasteiger partial charge on any atom is -0.486 e. The molecule has 0 spiro atoms. The molecule has 0 saturated carbocycles. The highest BCUT2D eigenvalue weighted by atomic mass is 32.1. The minimum absolute atomic E-state index is 0.0183. The van der Waals surface area contributed by atoms with Crippen molar-refractivity contribution in [3.05, 3.63) is 76.0 Å². The van der Waals surface area contributed by atoms with E-state index in [0.29, 0.717) is 24.6 Å². The molecule has 1 aliphatic heterocycles. The number of aromatic nitrogens is 1. The molecule has 2 heterocycles. The lowest BCUT2D eigenvalue weighted by molar-refractivity contribution is 0.0750. The van der Waals surface area contributed by atoms with Gasteiger partial charge < -0.3 is 14.5 Å². The Morgan fingerprint density at radius 3 is 2.45 bits per heavy atom. The van der Waals surface area contributed by atoms with E-state index in [4.69, 9.17) is 4.74 Å². The van der Waals surface area contributed by atoms with Gasteiger partial charge in [0, 0.05) is 31.9 Å². The second-order valence-electron chi connectivity index (χ2n) is 6.88. The SMILES string of the molecule is Cc1nc(COc2ccccc2)sc1C(=O)N1CCN(c2ccc(F)cc2)CC1. The van der Waals surface area contributed by atoms with Gasteiger partial charge in [0.15, 0.2) is 0 Å². The molecule has 1 aliphatic rings. The molecule has 150 valence electrons. The summed E-state index contributed by atoms with van der Waals surface area (Å²) in [5.74, 6) is 0.560. The number of thiazole rings is 1. The Balaban J connectivity index is 1.36. The number of para-hydroxylation sites is 1. The van der Waals surface area contributed by atoms with Crippen LogP contribution in [-0.2, 0) is 6.61 Å². The molecule has 1 aromatic heterocycles. The van der Waals surface area contributed by atoms with Crippen LogP contribution < -0.4 is 9.64 Å². The molecular weight excluding hydrogens is 389 g/mol. The first-order valence-electron chi connectivity index (χ1n) is 9.54. The molecule has 0 bridgehead atoms. The Bertz CT molecular complexity index is 967. The predicted octanol–water partition coefficient (Wildman–Crippen LogP) is 4.13. The number of carbonyl (C=O) groups is 1. The normalized spacial score (nSPS) is 14.1. The summed E-state index contributed by atoms with van der Waals surface area (Å²) in [6.07, 6.45) is 0. The van der Waals surface area contributed by atoms with Crippen molar-refractivity contribution in [2.24, 2.45) is 0 Å². The highest BCUT2D eigenvalue weighted by Crippen LogP contribution is 2.23. The average Bonchev–Trinajstić information content (AvgIpc) is 3.14. The van der Waals surface area contributed by atoms with Gasteiger partial charge in [-0.2, -0.15) is 0 Å². The van der Waals surface area contributed by atoms with Crippen molar-refractivity contribution >= 4 is 22.9 Å². The van der Waals surface area contributed by atoms with E-state index in [9.17, 15) is 9.18 Å². The van der Waals surface area contributed by atoms with Crippen molar-refractivity contribution in [3.63, 3.8) is 0 Å². The topological polar surface area (TPSA) is 45.7 Å². The van der Waals surface area contributed by atoms with Crippen LogP contribution in [0.3, 0.4) is 0 Å². The van der Waals surface area contributed by atoms with Crippen molar-refractivity contribution in [2.75, 3.05) is 31.1 Å². The average molecular weight is 412 g/mol. The van der Waals surface area contributed by atoms with Gasteiger partial charge in [0.05, 0.1) is 5.69 Å². The van der Waals surface area contributed by atoms with Crippen molar-refractivity contribution in [2.45, 2.75) is 13.5 Å². The van der Waals surface area contributed by atoms with Crippen LogP contribution in [0.5, 0.6) is 5.75 Å². The zero-order chi connectivity index (χ0) is 20.2. The fourth-order valence-corrected chi connectivity index (χ4v) is 4.28. The van der Waals surface area contributed by atoms with E-state index in [0.717, 1.165) is 35.2 Å². The van der Waals surface area contributed by atoms with E-state index < -0.39 is 0 Å². The monoisotopic (exact) mass is 411 g/mol. The molecule has 29 heavy (non-hydrogen) atoms. The zero-order valence-electron chi connectivity index (χ0n) is 16.2. The molecule has 0 N–H and O–H groups in total. The smallest absolute Gasteiger partial charge is 0.265 e. The molecule has 1 saturated heterocycles. The minimum atomic E-state index is -0.240. The lowest BCUT2D eigenvalue weighted by Crippen LogP contribution is -2.48. The van der Waals surface area contributed by atoms with Crippen LogP contribution in [0.25, 0.3) is 0 Å². The fraction of sp³-hybridized carbons (Fsp3) is 0.273. The molecule has 1 fully saturated rings. The summed E-state index contributed by atoms with van der Waals surface area (Å²) in [4.78, 5) is 22.2. The number of hydrogen-bond acceptors (Lipinski definition) is 5. The third-order valence-corrected chi connectivity index (χ3v) is 6.02. The van der Waals surface area contributed by atoms with Gasteiger partial charge in [0.25, 0.3) is 5.91 Å². The van der Waals surface area contributed by atoms with E-state index in [1.807, 2.05) is 42.2 Å². The lowest BCUT2D eigenvalue weighted by Gasteiger charge is -2.36. The Kier molecular flexibility index (Phi) is 5.76. The second kappa shape index (κ2) is 8.61. The highest BCUT2D eigenvalue weighted by molar-refractivity contribution is 7.13. The summed E-state index contributed by atoms with van der Waals surface area (Å²) >= 11 is 1.40. The lowest BCUT2D eigenvalue weighted by atomic mass is 10.2. The van der Waals surface area contributed by atoms with E-state index in [-0.39, 0.29) is 11.7 Å². The summed E-state index contributed by atoms with van der Waals surface area (Å²) in [5, 5.41) is 0.791. The van der Waals surface area contributed by atoms with Gasteiger partial charge in [0.1, 0.15) is 28.1 Å². The van der Waals surface area contributed by atoms with Crippen LogP contribution in [0.4, 0.5) is 10.1 Å². The maximum atomic E-state index is 13.1. The standard InChI is InChI=1S/C22H22FN3O2S/c1-16-21(29-20(24-16)15-28-19-5-3-2-4-6-19)22(27)26-13-11-25(12-14-26)18-9-7-17(23)8-10-18/h2-10H,11-15H2,1H3. The molecule has 0 radical (unpaired) electrons.